The lowest BCUT2D eigenvalue weighted by Crippen LogP contribution is -2.32. The molecule has 2 heteroatoms. The van der Waals surface area contributed by atoms with Crippen molar-refractivity contribution in [1.82, 2.24) is 5.32 Å². The lowest BCUT2D eigenvalue weighted by molar-refractivity contribution is 0.378. The van der Waals surface area contributed by atoms with Gasteiger partial charge in [0.1, 0.15) is 0 Å². The van der Waals surface area contributed by atoms with E-state index in [-0.39, 0.29) is 0 Å². The molecule has 0 rings (SSSR count). The summed E-state index contributed by atoms with van der Waals surface area (Å²) in [5.41, 5.74) is 0. The first-order valence-corrected chi connectivity index (χ1v) is 6.84. The van der Waals surface area contributed by atoms with E-state index >= 15 is 0 Å². The van der Waals surface area contributed by atoms with Crippen molar-refractivity contribution in [2.24, 2.45) is 5.92 Å². The number of hydrogen-bond acceptors (Lipinski definition) is 2. The third-order valence-electron chi connectivity index (χ3n) is 2.58. The molecule has 0 aromatic heterocycles. The zero-order valence-corrected chi connectivity index (χ0v) is 10.4. The molecule has 80 valence electrons. The third kappa shape index (κ3) is 7.39. The van der Waals surface area contributed by atoms with Crippen LogP contribution < -0.4 is 5.32 Å². The molecule has 0 aromatic rings. The summed E-state index contributed by atoms with van der Waals surface area (Å²) in [5.74, 6) is 2.13. The Kier molecular flexibility index (Phi) is 9.10. The van der Waals surface area contributed by atoms with Crippen LogP contribution in [0, 0.1) is 5.92 Å². The predicted octanol–water partition coefficient (Wildman–Crippen LogP) is 3.15. The molecule has 0 saturated carbocycles. The number of rotatable bonds is 8. The first-order chi connectivity index (χ1) is 6.22. The molecule has 0 aromatic carbocycles. The van der Waals surface area contributed by atoms with Gasteiger partial charge in [0.05, 0.1) is 0 Å². The second-order valence-electron chi connectivity index (χ2n) is 3.86. The van der Waals surface area contributed by atoms with Crippen molar-refractivity contribution < 1.29 is 0 Å². The summed E-state index contributed by atoms with van der Waals surface area (Å²) in [6.45, 7) is 8.04. The largest absolute Gasteiger partial charge is 0.314 e. The maximum Gasteiger partial charge on any atom is 0.00643 e. The number of thioether (sulfide) groups is 1. The third-order valence-corrected chi connectivity index (χ3v) is 3.27. The monoisotopic (exact) mass is 203 g/mol. The zero-order valence-electron chi connectivity index (χ0n) is 9.60. The first-order valence-electron chi connectivity index (χ1n) is 5.44. The molecule has 1 N–H and O–H groups in total. The maximum absolute atomic E-state index is 3.55. The van der Waals surface area contributed by atoms with Crippen molar-refractivity contribution in [3.8, 4) is 0 Å². The highest BCUT2D eigenvalue weighted by atomic mass is 32.2. The quantitative estimate of drug-likeness (QED) is 0.608. The normalized spacial score (nSPS) is 15.7. The van der Waals surface area contributed by atoms with Crippen LogP contribution in [-0.2, 0) is 0 Å². The van der Waals surface area contributed by atoms with Crippen LogP contribution in [-0.4, -0.2) is 24.6 Å². The summed E-state index contributed by atoms with van der Waals surface area (Å²) in [6, 6.07) is 0.682. The van der Waals surface area contributed by atoms with Gasteiger partial charge < -0.3 is 5.32 Å². The predicted molar refractivity (Wildman–Crippen MR) is 64.5 cm³/mol. The highest BCUT2D eigenvalue weighted by Gasteiger charge is 2.09. The molecule has 1 nitrogen and oxygen atoms in total. The zero-order chi connectivity index (χ0) is 10.1. The van der Waals surface area contributed by atoms with Gasteiger partial charge in [-0.05, 0) is 50.7 Å². The highest BCUT2D eigenvalue weighted by molar-refractivity contribution is 7.98. The molecule has 0 spiro atoms. The lowest BCUT2D eigenvalue weighted by atomic mass is 9.98. The maximum atomic E-state index is 3.55. The number of nitrogens with one attached hydrogen (secondary N) is 1. The molecule has 0 amide bonds. The van der Waals surface area contributed by atoms with Gasteiger partial charge in [-0.25, -0.2) is 0 Å². The van der Waals surface area contributed by atoms with E-state index < -0.39 is 0 Å². The van der Waals surface area contributed by atoms with E-state index in [4.69, 9.17) is 0 Å². The summed E-state index contributed by atoms with van der Waals surface area (Å²) in [5, 5.41) is 3.55. The average molecular weight is 203 g/mol. The SMILES string of the molecule is CCCNC(C)C(C)CCCSC. The van der Waals surface area contributed by atoms with E-state index in [9.17, 15) is 0 Å². The lowest BCUT2D eigenvalue weighted by Gasteiger charge is -2.20. The van der Waals surface area contributed by atoms with Gasteiger partial charge in [0.25, 0.3) is 0 Å². The minimum atomic E-state index is 0.682. The standard InChI is InChI=1S/C11H25NS/c1-5-8-12-11(3)10(2)7-6-9-13-4/h10-12H,5-9H2,1-4H3. The molecule has 2 atom stereocenters. The molecule has 2 unspecified atom stereocenters. The van der Waals surface area contributed by atoms with Crippen LogP contribution in [0.2, 0.25) is 0 Å². The van der Waals surface area contributed by atoms with E-state index in [1.165, 1.54) is 25.0 Å². The Morgan fingerprint density at radius 3 is 2.54 bits per heavy atom. The van der Waals surface area contributed by atoms with Gasteiger partial charge in [0, 0.05) is 6.04 Å². The van der Waals surface area contributed by atoms with Gasteiger partial charge in [-0.15, -0.1) is 0 Å². The van der Waals surface area contributed by atoms with Gasteiger partial charge >= 0.3 is 0 Å². The summed E-state index contributed by atoms with van der Waals surface area (Å²) < 4.78 is 0. The van der Waals surface area contributed by atoms with Crippen LogP contribution in [0.5, 0.6) is 0 Å². The summed E-state index contributed by atoms with van der Waals surface area (Å²) in [6.07, 6.45) is 6.14. The van der Waals surface area contributed by atoms with Crippen molar-refractivity contribution >= 4 is 11.8 Å². The molecule has 0 heterocycles. The molecule has 0 saturated heterocycles. The molecule has 0 bridgehead atoms. The van der Waals surface area contributed by atoms with Gasteiger partial charge in [0.2, 0.25) is 0 Å². The Balaban J connectivity index is 3.38. The van der Waals surface area contributed by atoms with Crippen LogP contribution in [0.4, 0.5) is 0 Å². The fourth-order valence-electron chi connectivity index (χ4n) is 1.37. The highest BCUT2D eigenvalue weighted by Crippen LogP contribution is 2.12. The van der Waals surface area contributed by atoms with E-state index in [2.05, 4.69) is 32.3 Å². The van der Waals surface area contributed by atoms with Crippen LogP contribution >= 0.6 is 11.8 Å². The Morgan fingerprint density at radius 1 is 1.31 bits per heavy atom. The molecular formula is C11H25NS. The second-order valence-corrected chi connectivity index (χ2v) is 4.84. The topological polar surface area (TPSA) is 12.0 Å². The molecule has 0 fully saturated rings. The van der Waals surface area contributed by atoms with Crippen molar-refractivity contribution in [3.05, 3.63) is 0 Å². The van der Waals surface area contributed by atoms with Gasteiger partial charge in [-0.3, -0.25) is 0 Å². The minimum Gasteiger partial charge on any atom is -0.314 e. The first kappa shape index (κ1) is 13.3. The Bertz CT molecular complexity index is 106. The van der Waals surface area contributed by atoms with E-state index in [0.717, 1.165) is 12.5 Å². The van der Waals surface area contributed by atoms with Gasteiger partial charge in [0.15, 0.2) is 0 Å². The minimum absolute atomic E-state index is 0.682. The fraction of sp³-hybridized carbons (Fsp3) is 1.00. The van der Waals surface area contributed by atoms with Gasteiger partial charge in [-0.1, -0.05) is 13.8 Å². The van der Waals surface area contributed by atoms with E-state index in [0.29, 0.717) is 6.04 Å². The summed E-state index contributed by atoms with van der Waals surface area (Å²) in [7, 11) is 0. The summed E-state index contributed by atoms with van der Waals surface area (Å²) in [4.78, 5) is 0. The summed E-state index contributed by atoms with van der Waals surface area (Å²) >= 11 is 1.95. The van der Waals surface area contributed by atoms with Crippen molar-refractivity contribution in [2.75, 3.05) is 18.6 Å². The molecular weight excluding hydrogens is 178 g/mol. The molecule has 0 aliphatic heterocycles. The Labute approximate surface area is 88.1 Å². The van der Waals surface area contributed by atoms with Gasteiger partial charge in [-0.2, -0.15) is 11.8 Å². The Hall–Kier alpha value is 0.310. The van der Waals surface area contributed by atoms with Crippen molar-refractivity contribution in [1.29, 1.82) is 0 Å². The second kappa shape index (κ2) is 8.89. The van der Waals surface area contributed by atoms with Crippen LogP contribution in [0.15, 0.2) is 0 Å². The molecule has 13 heavy (non-hydrogen) atoms. The molecule has 0 radical (unpaired) electrons. The number of hydrogen-bond donors (Lipinski definition) is 1. The Morgan fingerprint density at radius 2 is 2.00 bits per heavy atom. The molecule has 0 aliphatic carbocycles. The van der Waals surface area contributed by atoms with Crippen LogP contribution in [0.1, 0.15) is 40.0 Å². The van der Waals surface area contributed by atoms with Crippen molar-refractivity contribution in [3.63, 3.8) is 0 Å². The van der Waals surface area contributed by atoms with Crippen LogP contribution in [0.25, 0.3) is 0 Å². The van der Waals surface area contributed by atoms with Crippen LogP contribution in [0.3, 0.4) is 0 Å². The fourth-order valence-corrected chi connectivity index (χ4v) is 1.83. The average Bonchev–Trinajstić information content (AvgIpc) is 2.14. The van der Waals surface area contributed by atoms with E-state index in [1.807, 2.05) is 11.8 Å². The smallest absolute Gasteiger partial charge is 0.00643 e. The van der Waals surface area contributed by atoms with Crippen molar-refractivity contribution in [2.45, 2.75) is 46.1 Å². The molecule has 0 aliphatic rings. The van der Waals surface area contributed by atoms with E-state index in [1.54, 1.807) is 0 Å².